The molecule has 3 aromatic rings. The number of para-hydroxylation sites is 1. The Kier molecular flexibility index (Phi) is 4.74. The molecule has 1 amide bonds. The first-order chi connectivity index (χ1) is 11.3. The summed E-state index contributed by atoms with van der Waals surface area (Å²) >= 11 is 1.52. The van der Waals surface area contributed by atoms with Gasteiger partial charge in [-0.15, -0.1) is 11.8 Å². The second kappa shape index (κ2) is 7.11. The molecule has 0 unspecified atom stereocenters. The molecule has 4 heteroatoms. The lowest BCUT2D eigenvalue weighted by molar-refractivity contribution is 0.102. The maximum absolute atomic E-state index is 12.5. The smallest absolute Gasteiger partial charge is 0.255 e. The highest BCUT2D eigenvalue weighted by atomic mass is 32.2. The molecule has 0 radical (unpaired) electrons. The molecular weight excluding hydrogens is 304 g/mol. The van der Waals surface area contributed by atoms with Crippen LogP contribution in [0.25, 0.3) is 11.1 Å². The van der Waals surface area contributed by atoms with E-state index >= 15 is 0 Å². The number of rotatable bonds is 4. The standard InChI is InChI=1S/C19H16N2OS/c1-23-18-13-15(11-12-20-18)19(22)21-17-10-6-5-9-16(17)14-7-3-2-4-8-14/h2-13H,1H3,(H,21,22). The number of carbonyl (C=O) groups is 1. The topological polar surface area (TPSA) is 42.0 Å². The molecule has 0 spiro atoms. The van der Waals surface area contributed by atoms with Gasteiger partial charge in [0, 0.05) is 23.0 Å². The van der Waals surface area contributed by atoms with Crippen LogP contribution in [0.2, 0.25) is 0 Å². The predicted octanol–water partition coefficient (Wildman–Crippen LogP) is 4.72. The minimum Gasteiger partial charge on any atom is -0.321 e. The van der Waals surface area contributed by atoms with Crippen molar-refractivity contribution in [2.75, 3.05) is 11.6 Å². The summed E-state index contributed by atoms with van der Waals surface area (Å²) in [4.78, 5) is 16.7. The monoisotopic (exact) mass is 320 g/mol. The molecule has 1 aromatic heterocycles. The van der Waals surface area contributed by atoms with Crippen LogP contribution in [0.5, 0.6) is 0 Å². The van der Waals surface area contributed by atoms with Gasteiger partial charge in [0.05, 0.1) is 5.03 Å². The largest absolute Gasteiger partial charge is 0.321 e. The first kappa shape index (κ1) is 15.3. The average molecular weight is 320 g/mol. The molecule has 0 atom stereocenters. The zero-order valence-corrected chi connectivity index (χ0v) is 13.5. The highest BCUT2D eigenvalue weighted by Crippen LogP contribution is 2.28. The fraction of sp³-hybridized carbons (Fsp3) is 0.0526. The second-order valence-corrected chi connectivity index (χ2v) is 5.78. The van der Waals surface area contributed by atoms with Crippen molar-refractivity contribution < 1.29 is 4.79 Å². The summed E-state index contributed by atoms with van der Waals surface area (Å²) in [7, 11) is 0. The molecule has 114 valence electrons. The number of aromatic nitrogens is 1. The fourth-order valence-corrected chi connectivity index (χ4v) is 2.73. The third-order valence-corrected chi connectivity index (χ3v) is 4.11. The Morgan fingerprint density at radius 1 is 1.00 bits per heavy atom. The van der Waals surface area contributed by atoms with Crippen molar-refractivity contribution in [1.29, 1.82) is 0 Å². The Hall–Kier alpha value is -2.59. The number of pyridine rings is 1. The molecule has 0 aliphatic carbocycles. The van der Waals surface area contributed by atoms with Crippen molar-refractivity contribution >= 4 is 23.4 Å². The first-order valence-electron chi connectivity index (χ1n) is 7.24. The summed E-state index contributed by atoms with van der Waals surface area (Å²) in [6.07, 6.45) is 3.60. The highest BCUT2D eigenvalue weighted by Gasteiger charge is 2.10. The maximum atomic E-state index is 12.5. The van der Waals surface area contributed by atoms with Gasteiger partial charge in [-0.1, -0.05) is 48.5 Å². The van der Waals surface area contributed by atoms with E-state index in [1.165, 1.54) is 11.8 Å². The Morgan fingerprint density at radius 3 is 2.52 bits per heavy atom. The van der Waals surface area contributed by atoms with E-state index in [1.54, 1.807) is 18.3 Å². The van der Waals surface area contributed by atoms with E-state index in [0.29, 0.717) is 5.56 Å². The molecule has 0 bridgehead atoms. The third-order valence-electron chi connectivity index (χ3n) is 3.47. The minimum atomic E-state index is -0.133. The van der Waals surface area contributed by atoms with E-state index in [1.807, 2.05) is 60.9 Å². The zero-order valence-electron chi connectivity index (χ0n) is 12.7. The fourth-order valence-electron chi connectivity index (χ4n) is 2.32. The van der Waals surface area contributed by atoms with E-state index in [9.17, 15) is 4.79 Å². The Balaban J connectivity index is 1.90. The normalized spacial score (nSPS) is 10.3. The first-order valence-corrected chi connectivity index (χ1v) is 8.46. The molecule has 3 rings (SSSR count). The third kappa shape index (κ3) is 3.60. The van der Waals surface area contributed by atoms with Crippen LogP contribution in [0, 0.1) is 0 Å². The molecule has 3 nitrogen and oxygen atoms in total. The number of carbonyl (C=O) groups excluding carboxylic acids is 1. The number of amides is 1. The number of nitrogens with zero attached hydrogens (tertiary/aromatic N) is 1. The lowest BCUT2D eigenvalue weighted by Crippen LogP contribution is -2.12. The van der Waals surface area contributed by atoms with Gasteiger partial charge in [-0.2, -0.15) is 0 Å². The number of anilines is 1. The zero-order chi connectivity index (χ0) is 16.1. The Labute approximate surface area is 139 Å². The van der Waals surface area contributed by atoms with Gasteiger partial charge < -0.3 is 5.32 Å². The van der Waals surface area contributed by atoms with E-state index in [2.05, 4.69) is 10.3 Å². The minimum absolute atomic E-state index is 0.133. The van der Waals surface area contributed by atoms with Crippen LogP contribution in [0.4, 0.5) is 5.69 Å². The Bertz CT molecular complexity index is 818. The van der Waals surface area contributed by atoms with E-state index in [0.717, 1.165) is 21.8 Å². The van der Waals surface area contributed by atoms with Gasteiger partial charge >= 0.3 is 0 Å². The molecule has 2 aromatic carbocycles. The van der Waals surface area contributed by atoms with Gasteiger partial charge in [0.15, 0.2) is 0 Å². The van der Waals surface area contributed by atoms with Gasteiger partial charge in [-0.25, -0.2) is 4.98 Å². The van der Waals surface area contributed by atoms with Crippen molar-refractivity contribution in [3.05, 3.63) is 78.5 Å². The van der Waals surface area contributed by atoms with Crippen molar-refractivity contribution in [2.24, 2.45) is 0 Å². The van der Waals surface area contributed by atoms with Crippen molar-refractivity contribution in [3.8, 4) is 11.1 Å². The average Bonchev–Trinajstić information content (AvgIpc) is 2.63. The summed E-state index contributed by atoms with van der Waals surface area (Å²) in [5.41, 5.74) is 3.47. The highest BCUT2D eigenvalue weighted by molar-refractivity contribution is 7.98. The summed E-state index contributed by atoms with van der Waals surface area (Å²) in [6.45, 7) is 0. The molecule has 23 heavy (non-hydrogen) atoms. The van der Waals surface area contributed by atoms with E-state index < -0.39 is 0 Å². The number of hydrogen-bond donors (Lipinski definition) is 1. The summed E-state index contributed by atoms with van der Waals surface area (Å²) < 4.78 is 0. The number of nitrogens with one attached hydrogen (secondary N) is 1. The molecule has 1 heterocycles. The van der Waals surface area contributed by atoms with Gasteiger partial charge in [0.1, 0.15) is 0 Å². The number of thioether (sulfide) groups is 1. The van der Waals surface area contributed by atoms with Crippen LogP contribution in [0.1, 0.15) is 10.4 Å². The van der Waals surface area contributed by atoms with E-state index in [-0.39, 0.29) is 5.91 Å². The van der Waals surface area contributed by atoms with E-state index in [4.69, 9.17) is 0 Å². The van der Waals surface area contributed by atoms with Crippen molar-refractivity contribution in [3.63, 3.8) is 0 Å². The number of benzene rings is 2. The van der Waals surface area contributed by atoms with Gasteiger partial charge in [-0.05, 0) is 30.0 Å². The summed E-state index contributed by atoms with van der Waals surface area (Å²) in [5.74, 6) is -0.133. The van der Waals surface area contributed by atoms with Crippen LogP contribution in [-0.2, 0) is 0 Å². The quantitative estimate of drug-likeness (QED) is 0.707. The van der Waals surface area contributed by atoms with Gasteiger partial charge in [-0.3, -0.25) is 4.79 Å². The van der Waals surface area contributed by atoms with Crippen LogP contribution in [-0.4, -0.2) is 17.1 Å². The van der Waals surface area contributed by atoms with Crippen LogP contribution in [0.3, 0.4) is 0 Å². The molecule has 0 aliphatic heterocycles. The van der Waals surface area contributed by atoms with Crippen LogP contribution in [0.15, 0.2) is 78.0 Å². The summed E-state index contributed by atoms with van der Waals surface area (Å²) in [6, 6.07) is 21.3. The molecule has 0 fully saturated rings. The SMILES string of the molecule is CSc1cc(C(=O)Nc2ccccc2-c2ccccc2)ccn1. The molecular formula is C19H16N2OS. The lowest BCUT2D eigenvalue weighted by Gasteiger charge is -2.11. The molecule has 0 saturated heterocycles. The predicted molar refractivity (Wildman–Crippen MR) is 95.8 cm³/mol. The maximum Gasteiger partial charge on any atom is 0.255 e. The van der Waals surface area contributed by atoms with Crippen LogP contribution < -0.4 is 5.32 Å². The van der Waals surface area contributed by atoms with Crippen molar-refractivity contribution in [1.82, 2.24) is 4.98 Å². The lowest BCUT2D eigenvalue weighted by atomic mass is 10.0. The van der Waals surface area contributed by atoms with Gasteiger partial charge in [0.25, 0.3) is 5.91 Å². The van der Waals surface area contributed by atoms with Gasteiger partial charge in [0.2, 0.25) is 0 Å². The van der Waals surface area contributed by atoms with Crippen molar-refractivity contribution in [2.45, 2.75) is 5.03 Å². The molecule has 0 saturated carbocycles. The summed E-state index contributed by atoms with van der Waals surface area (Å²) in [5, 5.41) is 3.83. The Morgan fingerprint density at radius 2 is 1.74 bits per heavy atom. The molecule has 0 aliphatic rings. The molecule has 1 N–H and O–H groups in total. The second-order valence-electron chi connectivity index (χ2n) is 4.95. The number of hydrogen-bond acceptors (Lipinski definition) is 3. The van der Waals surface area contributed by atoms with Crippen LogP contribution >= 0.6 is 11.8 Å².